The molecular weight excluding hydrogens is 283 g/mol. The predicted octanol–water partition coefficient (Wildman–Crippen LogP) is 1.79. The van der Waals surface area contributed by atoms with Crippen molar-refractivity contribution >= 4 is 33.9 Å². The van der Waals surface area contributed by atoms with Crippen molar-refractivity contribution < 1.29 is 0 Å². The first kappa shape index (κ1) is 10.4. The molecule has 1 rings (SSSR count). The summed E-state index contributed by atoms with van der Waals surface area (Å²) >= 11 is 4.13. The van der Waals surface area contributed by atoms with E-state index < -0.39 is 0 Å². The van der Waals surface area contributed by atoms with Gasteiger partial charge >= 0.3 is 0 Å². The van der Waals surface area contributed by atoms with Crippen molar-refractivity contribution in [3.63, 3.8) is 0 Å². The Morgan fingerprint density at radius 3 is 3.00 bits per heavy atom. The van der Waals surface area contributed by atoms with Crippen LogP contribution in [0.3, 0.4) is 0 Å². The summed E-state index contributed by atoms with van der Waals surface area (Å²) in [5, 5.41) is 5.53. The second-order valence-electron chi connectivity index (χ2n) is 2.58. The quantitative estimate of drug-likeness (QED) is 0.642. The topological polar surface area (TPSA) is 38.0 Å². The summed E-state index contributed by atoms with van der Waals surface area (Å²) in [4.78, 5) is 0. The van der Waals surface area contributed by atoms with Crippen LogP contribution in [0.5, 0.6) is 0 Å². The Kier molecular flexibility index (Phi) is 5.13. The predicted molar refractivity (Wildman–Crippen MR) is 62.4 cm³/mol. The van der Waals surface area contributed by atoms with Crippen molar-refractivity contribution in [3.8, 4) is 0 Å². The van der Waals surface area contributed by atoms with E-state index in [4.69, 9.17) is 5.73 Å². The molecule has 12 heavy (non-hydrogen) atoms. The highest BCUT2D eigenvalue weighted by Crippen LogP contribution is 2.15. The van der Waals surface area contributed by atoms with Gasteiger partial charge < -0.3 is 11.1 Å². The molecule has 0 spiro atoms. The Morgan fingerprint density at radius 1 is 1.58 bits per heavy atom. The fraction of sp³-hybridized carbons (Fsp3) is 0.500. The molecule has 0 aliphatic heterocycles. The molecule has 0 saturated heterocycles. The average Bonchev–Trinajstić information content (AvgIpc) is 2.45. The fourth-order valence-electron chi connectivity index (χ4n) is 0.898. The Labute approximate surface area is 90.7 Å². The van der Waals surface area contributed by atoms with Crippen molar-refractivity contribution in [2.45, 2.75) is 13.0 Å². The van der Waals surface area contributed by atoms with Gasteiger partial charge in [0.15, 0.2) is 0 Å². The SMILES string of the molecule is NCCCNCc1csc(I)c1. The minimum absolute atomic E-state index is 0.772. The highest BCUT2D eigenvalue weighted by Gasteiger charge is 1.95. The number of halogens is 1. The maximum Gasteiger partial charge on any atom is 0.0656 e. The van der Waals surface area contributed by atoms with Crippen LogP contribution in [-0.2, 0) is 6.54 Å². The number of thiophene rings is 1. The van der Waals surface area contributed by atoms with Gasteiger partial charge in [0.25, 0.3) is 0 Å². The molecule has 3 N–H and O–H groups in total. The highest BCUT2D eigenvalue weighted by atomic mass is 127. The van der Waals surface area contributed by atoms with E-state index in [1.54, 1.807) is 11.3 Å². The van der Waals surface area contributed by atoms with Crippen molar-refractivity contribution in [1.29, 1.82) is 0 Å². The zero-order chi connectivity index (χ0) is 8.81. The van der Waals surface area contributed by atoms with E-state index in [2.05, 4.69) is 39.4 Å². The van der Waals surface area contributed by atoms with Gasteiger partial charge in [0.2, 0.25) is 0 Å². The third kappa shape index (κ3) is 3.84. The molecule has 1 aromatic rings. The molecule has 0 aliphatic carbocycles. The molecule has 0 aromatic carbocycles. The largest absolute Gasteiger partial charge is 0.330 e. The summed E-state index contributed by atoms with van der Waals surface area (Å²) in [6, 6.07) is 2.21. The number of rotatable bonds is 5. The smallest absolute Gasteiger partial charge is 0.0656 e. The summed E-state index contributed by atoms with van der Waals surface area (Å²) in [5.41, 5.74) is 6.75. The van der Waals surface area contributed by atoms with Gasteiger partial charge in [0.05, 0.1) is 2.88 Å². The van der Waals surface area contributed by atoms with E-state index in [0.29, 0.717) is 0 Å². The second-order valence-corrected chi connectivity index (χ2v) is 5.38. The van der Waals surface area contributed by atoms with Crippen LogP contribution in [-0.4, -0.2) is 13.1 Å². The van der Waals surface area contributed by atoms with Gasteiger partial charge in [-0.25, -0.2) is 0 Å². The lowest BCUT2D eigenvalue weighted by Crippen LogP contribution is -2.17. The number of nitrogens with two attached hydrogens (primary N) is 1. The van der Waals surface area contributed by atoms with Gasteiger partial charge in [-0.1, -0.05) is 0 Å². The molecule has 0 bridgehead atoms. The Bertz CT molecular complexity index is 225. The maximum absolute atomic E-state index is 5.37. The van der Waals surface area contributed by atoms with E-state index >= 15 is 0 Å². The number of nitrogens with one attached hydrogen (secondary N) is 1. The molecule has 0 aliphatic rings. The lowest BCUT2D eigenvalue weighted by atomic mass is 10.3. The molecule has 0 amide bonds. The van der Waals surface area contributed by atoms with Crippen LogP contribution < -0.4 is 11.1 Å². The Balaban J connectivity index is 2.15. The van der Waals surface area contributed by atoms with Gasteiger partial charge in [0.1, 0.15) is 0 Å². The molecule has 0 unspecified atom stereocenters. The molecule has 68 valence electrons. The zero-order valence-electron chi connectivity index (χ0n) is 6.85. The summed E-state index contributed by atoms with van der Waals surface area (Å²) < 4.78 is 1.35. The third-order valence-electron chi connectivity index (χ3n) is 1.51. The summed E-state index contributed by atoms with van der Waals surface area (Å²) in [7, 11) is 0. The monoisotopic (exact) mass is 296 g/mol. The Morgan fingerprint density at radius 2 is 2.42 bits per heavy atom. The first-order valence-corrected chi connectivity index (χ1v) is 5.92. The molecular formula is C8H13IN2S. The van der Waals surface area contributed by atoms with Crippen LogP contribution in [0.25, 0.3) is 0 Å². The molecule has 1 heterocycles. The van der Waals surface area contributed by atoms with Gasteiger partial charge in [0, 0.05) is 6.54 Å². The van der Waals surface area contributed by atoms with Crippen molar-refractivity contribution in [1.82, 2.24) is 5.32 Å². The van der Waals surface area contributed by atoms with Gasteiger partial charge in [-0.2, -0.15) is 0 Å². The molecule has 0 fully saturated rings. The van der Waals surface area contributed by atoms with Gasteiger partial charge in [-0.05, 0) is 59.1 Å². The van der Waals surface area contributed by atoms with Gasteiger partial charge in [-0.15, -0.1) is 11.3 Å². The average molecular weight is 296 g/mol. The van der Waals surface area contributed by atoms with Crippen molar-refractivity contribution in [3.05, 3.63) is 19.9 Å². The van der Waals surface area contributed by atoms with Crippen LogP contribution in [0.1, 0.15) is 12.0 Å². The number of hydrogen-bond acceptors (Lipinski definition) is 3. The fourth-order valence-corrected chi connectivity index (χ4v) is 2.31. The van der Waals surface area contributed by atoms with E-state index in [9.17, 15) is 0 Å². The minimum atomic E-state index is 0.772. The number of hydrogen-bond donors (Lipinski definition) is 2. The Hall–Kier alpha value is 0.350. The standard InChI is InChI=1S/C8H13IN2S/c9-8-4-7(6-12-8)5-11-3-1-2-10/h4,6,11H,1-3,5,10H2. The molecule has 0 atom stereocenters. The molecule has 0 saturated carbocycles. The highest BCUT2D eigenvalue weighted by molar-refractivity contribution is 14.1. The van der Waals surface area contributed by atoms with Crippen LogP contribution in [0.15, 0.2) is 11.4 Å². The van der Waals surface area contributed by atoms with E-state index in [-0.39, 0.29) is 0 Å². The third-order valence-corrected chi connectivity index (χ3v) is 3.35. The molecule has 2 nitrogen and oxygen atoms in total. The summed E-state index contributed by atoms with van der Waals surface area (Å²) in [5.74, 6) is 0. The summed E-state index contributed by atoms with van der Waals surface area (Å²) in [6.45, 7) is 2.76. The molecule has 4 heteroatoms. The van der Waals surface area contributed by atoms with Crippen LogP contribution in [0.4, 0.5) is 0 Å². The van der Waals surface area contributed by atoms with Crippen molar-refractivity contribution in [2.75, 3.05) is 13.1 Å². The van der Waals surface area contributed by atoms with Crippen LogP contribution in [0, 0.1) is 2.88 Å². The normalized spacial score (nSPS) is 10.5. The minimum Gasteiger partial charge on any atom is -0.330 e. The van der Waals surface area contributed by atoms with E-state index in [1.807, 2.05) is 0 Å². The van der Waals surface area contributed by atoms with Gasteiger partial charge in [-0.3, -0.25) is 0 Å². The van der Waals surface area contributed by atoms with E-state index in [1.165, 1.54) is 8.45 Å². The van der Waals surface area contributed by atoms with Crippen LogP contribution in [0.2, 0.25) is 0 Å². The maximum atomic E-state index is 5.37. The second kappa shape index (κ2) is 5.90. The van der Waals surface area contributed by atoms with Crippen LogP contribution >= 0.6 is 33.9 Å². The van der Waals surface area contributed by atoms with Crippen molar-refractivity contribution in [2.24, 2.45) is 5.73 Å². The lowest BCUT2D eigenvalue weighted by Gasteiger charge is -2.00. The lowest BCUT2D eigenvalue weighted by molar-refractivity contribution is 0.656. The zero-order valence-corrected chi connectivity index (χ0v) is 9.82. The molecule has 1 aromatic heterocycles. The molecule has 0 radical (unpaired) electrons. The first-order valence-electron chi connectivity index (χ1n) is 3.96. The first-order chi connectivity index (χ1) is 5.83. The van der Waals surface area contributed by atoms with E-state index in [0.717, 1.165) is 26.1 Å². The summed E-state index contributed by atoms with van der Waals surface area (Å²) in [6.07, 6.45) is 1.06.